The van der Waals surface area contributed by atoms with Crippen LogP contribution < -0.4 is 5.32 Å². The summed E-state index contributed by atoms with van der Waals surface area (Å²) in [6.45, 7) is 7.40. The molecule has 1 aliphatic heterocycles. The third-order valence-corrected chi connectivity index (χ3v) is 4.40. The SMILES string of the molecule is CCN1CCOC(CNC2CCC(Cl)CC2)C1. The van der Waals surface area contributed by atoms with E-state index in [0.29, 0.717) is 17.5 Å². The highest BCUT2D eigenvalue weighted by atomic mass is 35.5. The minimum Gasteiger partial charge on any atom is -0.374 e. The molecule has 1 N–H and O–H groups in total. The van der Waals surface area contributed by atoms with Crippen molar-refractivity contribution in [2.75, 3.05) is 32.8 Å². The average molecular weight is 261 g/mol. The van der Waals surface area contributed by atoms with Gasteiger partial charge in [0.15, 0.2) is 0 Å². The van der Waals surface area contributed by atoms with Crippen molar-refractivity contribution in [1.82, 2.24) is 10.2 Å². The number of nitrogens with zero attached hydrogens (tertiary/aromatic N) is 1. The van der Waals surface area contributed by atoms with Crippen molar-refractivity contribution in [3.05, 3.63) is 0 Å². The van der Waals surface area contributed by atoms with Gasteiger partial charge in [-0.15, -0.1) is 11.6 Å². The first-order valence-electron chi connectivity index (χ1n) is 6.99. The molecule has 100 valence electrons. The summed E-state index contributed by atoms with van der Waals surface area (Å²) in [6, 6.07) is 0.658. The topological polar surface area (TPSA) is 24.5 Å². The highest BCUT2D eigenvalue weighted by Gasteiger charge is 2.22. The summed E-state index contributed by atoms with van der Waals surface area (Å²) in [6.07, 6.45) is 5.13. The summed E-state index contributed by atoms with van der Waals surface area (Å²) in [5.74, 6) is 0. The molecule has 1 heterocycles. The fourth-order valence-electron chi connectivity index (χ4n) is 2.75. The summed E-state index contributed by atoms with van der Waals surface area (Å²) in [7, 11) is 0. The van der Waals surface area contributed by atoms with Crippen LogP contribution in [0.15, 0.2) is 0 Å². The van der Waals surface area contributed by atoms with E-state index in [-0.39, 0.29) is 0 Å². The number of ether oxygens (including phenoxy) is 1. The number of morpholine rings is 1. The first-order valence-corrected chi connectivity index (χ1v) is 7.43. The Morgan fingerprint density at radius 3 is 2.76 bits per heavy atom. The monoisotopic (exact) mass is 260 g/mol. The largest absolute Gasteiger partial charge is 0.374 e. The maximum atomic E-state index is 6.11. The molecular formula is C13H25ClN2O. The Labute approximate surface area is 110 Å². The summed E-state index contributed by atoms with van der Waals surface area (Å²) in [5.41, 5.74) is 0. The van der Waals surface area contributed by atoms with Gasteiger partial charge >= 0.3 is 0 Å². The Balaban J connectivity index is 1.64. The van der Waals surface area contributed by atoms with E-state index in [0.717, 1.165) is 45.6 Å². The van der Waals surface area contributed by atoms with Gasteiger partial charge in [-0.2, -0.15) is 0 Å². The molecule has 1 aliphatic carbocycles. The minimum atomic E-state index is 0.373. The molecule has 4 heteroatoms. The third-order valence-electron chi connectivity index (χ3n) is 3.96. The molecule has 0 spiro atoms. The zero-order chi connectivity index (χ0) is 12.1. The third kappa shape index (κ3) is 4.40. The van der Waals surface area contributed by atoms with Gasteiger partial charge < -0.3 is 10.1 Å². The van der Waals surface area contributed by atoms with Crippen molar-refractivity contribution in [1.29, 1.82) is 0 Å². The Bertz CT molecular complexity index is 219. The summed E-state index contributed by atoms with van der Waals surface area (Å²) in [4.78, 5) is 2.46. The van der Waals surface area contributed by atoms with E-state index in [2.05, 4.69) is 17.1 Å². The predicted molar refractivity (Wildman–Crippen MR) is 71.8 cm³/mol. The number of hydrogen-bond acceptors (Lipinski definition) is 3. The molecule has 1 atom stereocenters. The van der Waals surface area contributed by atoms with Crippen LogP contribution in [0.25, 0.3) is 0 Å². The van der Waals surface area contributed by atoms with E-state index in [1.807, 2.05) is 0 Å². The molecule has 2 rings (SSSR count). The van der Waals surface area contributed by atoms with Crippen LogP contribution in [0.4, 0.5) is 0 Å². The number of alkyl halides is 1. The lowest BCUT2D eigenvalue weighted by Gasteiger charge is -2.34. The van der Waals surface area contributed by atoms with Crippen molar-refractivity contribution in [2.45, 2.75) is 50.1 Å². The van der Waals surface area contributed by atoms with Gasteiger partial charge in [-0.3, -0.25) is 4.90 Å². The molecule has 2 fully saturated rings. The molecule has 0 bridgehead atoms. The fraction of sp³-hybridized carbons (Fsp3) is 1.00. The van der Waals surface area contributed by atoms with Gasteiger partial charge in [-0.05, 0) is 32.2 Å². The minimum absolute atomic E-state index is 0.373. The van der Waals surface area contributed by atoms with E-state index < -0.39 is 0 Å². The van der Waals surface area contributed by atoms with Gasteiger partial charge in [0.05, 0.1) is 12.7 Å². The van der Waals surface area contributed by atoms with Gasteiger partial charge in [-0.25, -0.2) is 0 Å². The Kier molecular flexibility index (Phi) is 5.54. The molecule has 3 nitrogen and oxygen atoms in total. The van der Waals surface area contributed by atoms with Crippen LogP contribution in [0.5, 0.6) is 0 Å². The van der Waals surface area contributed by atoms with E-state index in [1.54, 1.807) is 0 Å². The highest BCUT2D eigenvalue weighted by Crippen LogP contribution is 2.22. The lowest BCUT2D eigenvalue weighted by molar-refractivity contribution is -0.0267. The molecular weight excluding hydrogens is 236 g/mol. The standard InChI is InChI=1S/C13H25ClN2O/c1-2-16-7-8-17-13(10-16)9-15-12-5-3-11(14)4-6-12/h11-13,15H,2-10H2,1H3. The van der Waals surface area contributed by atoms with Crippen LogP contribution in [0.1, 0.15) is 32.6 Å². The smallest absolute Gasteiger partial charge is 0.0826 e. The summed E-state index contributed by atoms with van der Waals surface area (Å²) >= 11 is 6.11. The molecule has 0 aromatic heterocycles. The van der Waals surface area contributed by atoms with E-state index >= 15 is 0 Å². The maximum absolute atomic E-state index is 6.11. The highest BCUT2D eigenvalue weighted by molar-refractivity contribution is 6.20. The second kappa shape index (κ2) is 6.93. The lowest BCUT2D eigenvalue weighted by Crippen LogP contribution is -2.48. The quantitative estimate of drug-likeness (QED) is 0.781. The molecule has 0 radical (unpaired) electrons. The van der Waals surface area contributed by atoms with Gasteiger partial charge in [0.1, 0.15) is 0 Å². The van der Waals surface area contributed by atoms with Gasteiger partial charge in [0.2, 0.25) is 0 Å². The van der Waals surface area contributed by atoms with Crippen LogP contribution in [0.2, 0.25) is 0 Å². The first kappa shape index (κ1) is 13.6. The van der Waals surface area contributed by atoms with Crippen molar-refractivity contribution in [3.8, 4) is 0 Å². The molecule has 0 aromatic carbocycles. The van der Waals surface area contributed by atoms with Crippen LogP contribution in [0.3, 0.4) is 0 Å². The normalized spacial score (nSPS) is 36.0. The summed E-state index contributed by atoms with van der Waals surface area (Å²) < 4.78 is 5.79. The number of nitrogens with one attached hydrogen (secondary N) is 1. The van der Waals surface area contributed by atoms with Crippen molar-refractivity contribution in [2.24, 2.45) is 0 Å². The molecule has 1 unspecified atom stereocenters. The molecule has 1 saturated carbocycles. The Hall–Kier alpha value is 0.170. The molecule has 1 saturated heterocycles. The number of likely N-dealkylation sites (N-methyl/N-ethyl adjacent to an activating group) is 1. The van der Waals surface area contributed by atoms with Gasteiger partial charge in [-0.1, -0.05) is 6.92 Å². The molecule has 0 aromatic rings. The molecule has 2 aliphatic rings. The van der Waals surface area contributed by atoms with Crippen LogP contribution in [-0.2, 0) is 4.74 Å². The van der Waals surface area contributed by atoms with Crippen LogP contribution >= 0.6 is 11.6 Å². The summed E-state index contributed by atoms with van der Waals surface area (Å²) in [5, 5.41) is 4.06. The number of halogens is 1. The zero-order valence-corrected chi connectivity index (χ0v) is 11.6. The van der Waals surface area contributed by atoms with Gasteiger partial charge in [0.25, 0.3) is 0 Å². The lowest BCUT2D eigenvalue weighted by atomic mass is 9.95. The van der Waals surface area contributed by atoms with Gasteiger partial charge in [0, 0.05) is 31.1 Å². The first-order chi connectivity index (χ1) is 8.28. The maximum Gasteiger partial charge on any atom is 0.0826 e. The van der Waals surface area contributed by atoms with E-state index in [1.165, 1.54) is 12.8 Å². The molecule has 17 heavy (non-hydrogen) atoms. The number of hydrogen-bond donors (Lipinski definition) is 1. The fourth-order valence-corrected chi connectivity index (χ4v) is 3.00. The van der Waals surface area contributed by atoms with E-state index in [9.17, 15) is 0 Å². The average Bonchev–Trinajstić information content (AvgIpc) is 2.38. The number of rotatable bonds is 4. The zero-order valence-electron chi connectivity index (χ0n) is 10.8. The predicted octanol–water partition coefficient (Wildman–Crippen LogP) is 1.85. The van der Waals surface area contributed by atoms with Crippen molar-refractivity contribution < 1.29 is 4.74 Å². The second-order valence-electron chi connectivity index (χ2n) is 5.24. The molecule has 0 amide bonds. The van der Waals surface area contributed by atoms with E-state index in [4.69, 9.17) is 16.3 Å². The van der Waals surface area contributed by atoms with Crippen LogP contribution in [0, 0.1) is 0 Å². The van der Waals surface area contributed by atoms with Crippen molar-refractivity contribution >= 4 is 11.6 Å². The Morgan fingerprint density at radius 2 is 2.06 bits per heavy atom. The van der Waals surface area contributed by atoms with Crippen molar-refractivity contribution in [3.63, 3.8) is 0 Å². The Morgan fingerprint density at radius 1 is 1.29 bits per heavy atom. The van der Waals surface area contributed by atoms with Crippen LogP contribution in [-0.4, -0.2) is 55.2 Å². The second-order valence-corrected chi connectivity index (χ2v) is 5.86.